The van der Waals surface area contributed by atoms with Crippen LogP contribution in [0, 0.1) is 13.8 Å². The Morgan fingerprint density at radius 1 is 1.15 bits per heavy atom. The summed E-state index contributed by atoms with van der Waals surface area (Å²) in [6.45, 7) is 6.47. The second-order valence-corrected chi connectivity index (χ2v) is 7.65. The molecule has 0 saturated heterocycles. The molecule has 140 valence electrons. The second kappa shape index (κ2) is 8.46. The van der Waals surface area contributed by atoms with E-state index in [4.69, 9.17) is 9.72 Å². The highest BCUT2D eigenvalue weighted by Gasteiger charge is 2.19. The van der Waals surface area contributed by atoms with Crippen molar-refractivity contribution in [3.63, 3.8) is 0 Å². The number of aromatic nitrogens is 1. The number of nitrogens with zero attached hydrogens (tertiary/aromatic N) is 1. The molecule has 0 aliphatic rings. The molecule has 1 aromatic heterocycles. The van der Waals surface area contributed by atoms with Gasteiger partial charge < -0.3 is 10.1 Å². The van der Waals surface area contributed by atoms with Gasteiger partial charge in [-0.2, -0.15) is 0 Å². The number of rotatable bonds is 6. The number of benzene rings is 2. The highest BCUT2D eigenvalue weighted by atomic mass is 32.1. The molecule has 1 N–H and O–H groups in total. The first-order valence-corrected chi connectivity index (χ1v) is 9.73. The molecular formula is C22H24N2O2S. The van der Waals surface area contributed by atoms with Gasteiger partial charge in [0.15, 0.2) is 0 Å². The summed E-state index contributed by atoms with van der Waals surface area (Å²) in [6, 6.07) is 15.7. The zero-order valence-corrected chi connectivity index (χ0v) is 16.9. The maximum absolute atomic E-state index is 12.8. The van der Waals surface area contributed by atoms with Crippen molar-refractivity contribution in [3.8, 4) is 10.6 Å². The van der Waals surface area contributed by atoms with E-state index >= 15 is 0 Å². The van der Waals surface area contributed by atoms with E-state index in [-0.39, 0.29) is 11.9 Å². The molecule has 1 atom stereocenters. The van der Waals surface area contributed by atoms with Crippen LogP contribution in [-0.2, 0) is 11.3 Å². The van der Waals surface area contributed by atoms with Gasteiger partial charge in [-0.3, -0.25) is 4.79 Å². The number of carbonyl (C=O) groups excluding carboxylic acids is 1. The number of thiazole rings is 1. The summed E-state index contributed by atoms with van der Waals surface area (Å²) < 4.78 is 5.20. The molecule has 1 heterocycles. The number of methoxy groups -OCH3 is 1. The first kappa shape index (κ1) is 19.3. The molecule has 27 heavy (non-hydrogen) atoms. The Morgan fingerprint density at radius 2 is 1.85 bits per heavy atom. The molecule has 0 aliphatic carbocycles. The van der Waals surface area contributed by atoms with Gasteiger partial charge in [-0.25, -0.2) is 4.98 Å². The predicted molar refractivity (Wildman–Crippen MR) is 110 cm³/mol. The van der Waals surface area contributed by atoms with Crippen LogP contribution in [-0.4, -0.2) is 18.0 Å². The number of hydrogen-bond donors (Lipinski definition) is 1. The largest absolute Gasteiger partial charge is 0.380 e. The van der Waals surface area contributed by atoms with Crippen LogP contribution in [0.25, 0.3) is 10.6 Å². The van der Waals surface area contributed by atoms with E-state index in [0.717, 1.165) is 26.7 Å². The molecule has 0 saturated carbocycles. The first-order chi connectivity index (χ1) is 13.0. The predicted octanol–water partition coefficient (Wildman–Crippen LogP) is 5.06. The molecule has 1 unspecified atom stereocenters. The number of ether oxygens (including phenoxy) is 1. The lowest BCUT2D eigenvalue weighted by Crippen LogP contribution is -2.27. The molecular weight excluding hydrogens is 356 g/mol. The molecule has 3 rings (SSSR count). The lowest BCUT2D eigenvalue weighted by molar-refractivity contribution is 0.0935. The molecule has 3 aromatic rings. The summed E-state index contributed by atoms with van der Waals surface area (Å²) in [7, 11) is 1.63. The minimum absolute atomic E-state index is 0.0974. The van der Waals surface area contributed by atoms with Gasteiger partial charge in [0.1, 0.15) is 5.01 Å². The first-order valence-electron chi connectivity index (χ1n) is 8.91. The normalized spacial score (nSPS) is 12.0. The molecule has 2 aromatic carbocycles. The lowest BCUT2D eigenvalue weighted by Gasteiger charge is -2.15. The average Bonchev–Trinajstić information content (AvgIpc) is 3.05. The van der Waals surface area contributed by atoms with Gasteiger partial charge in [0, 0.05) is 18.2 Å². The van der Waals surface area contributed by atoms with Crippen LogP contribution >= 0.6 is 11.3 Å². The monoisotopic (exact) mass is 380 g/mol. The number of aryl methyl sites for hydroxylation is 2. The molecule has 0 fully saturated rings. The lowest BCUT2D eigenvalue weighted by atomic mass is 10.1. The van der Waals surface area contributed by atoms with Gasteiger partial charge in [-0.05, 0) is 32.4 Å². The fourth-order valence-electron chi connectivity index (χ4n) is 2.99. The van der Waals surface area contributed by atoms with Crippen LogP contribution in [0.2, 0.25) is 0 Å². The fourth-order valence-corrected chi connectivity index (χ4v) is 4.07. The minimum Gasteiger partial charge on any atom is -0.380 e. The number of carbonyl (C=O) groups is 1. The van der Waals surface area contributed by atoms with E-state index < -0.39 is 0 Å². The van der Waals surface area contributed by atoms with Crippen LogP contribution in [0.15, 0.2) is 48.5 Å². The van der Waals surface area contributed by atoms with Crippen molar-refractivity contribution in [1.29, 1.82) is 0 Å². The van der Waals surface area contributed by atoms with Crippen LogP contribution in [0.1, 0.15) is 45.0 Å². The van der Waals surface area contributed by atoms with Gasteiger partial charge in [0.25, 0.3) is 5.91 Å². The number of amides is 1. The highest BCUT2D eigenvalue weighted by Crippen LogP contribution is 2.32. The summed E-state index contributed by atoms with van der Waals surface area (Å²) >= 11 is 1.63. The average molecular weight is 381 g/mol. The molecule has 1 amide bonds. The Kier molecular flexibility index (Phi) is 6.04. The van der Waals surface area contributed by atoms with Gasteiger partial charge >= 0.3 is 0 Å². The Hall–Kier alpha value is -2.50. The third-order valence-corrected chi connectivity index (χ3v) is 5.82. The maximum atomic E-state index is 12.8. The van der Waals surface area contributed by atoms with Crippen molar-refractivity contribution < 1.29 is 9.53 Å². The molecule has 5 heteroatoms. The third kappa shape index (κ3) is 4.43. The van der Waals surface area contributed by atoms with E-state index in [1.165, 1.54) is 5.56 Å². The van der Waals surface area contributed by atoms with E-state index in [2.05, 4.69) is 36.5 Å². The Bertz CT molecular complexity index is 932. The van der Waals surface area contributed by atoms with Crippen molar-refractivity contribution in [1.82, 2.24) is 10.3 Å². The van der Waals surface area contributed by atoms with Gasteiger partial charge in [-0.1, -0.05) is 48.0 Å². The Balaban J connectivity index is 1.79. The van der Waals surface area contributed by atoms with E-state index in [0.29, 0.717) is 12.2 Å². The van der Waals surface area contributed by atoms with Crippen molar-refractivity contribution in [3.05, 3.63) is 75.8 Å². The van der Waals surface area contributed by atoms with Crippen LogP contribution in [0.3, 0.4) is 0 Å². The van der Waals surface area contributed by atoms with E-state index in [1.807, 2.05) is 38.1 Å². The summed E-state index contributed by atoms with van der Waals surface area (Å²) in [6.07, 6.45) is 0. The molecule has 0 radical (unpaired) electrons. The number of hydrogen-bond acceptors (Lipinski definition) is 4. The summed E-state index contributed by atoms with van der Waals surface area (Å²) in [4.78, 5) is 18.5. The molecule has 0 bridgehead atoms. The zero-order valence-electron chi connectivity index (χ0n) is 16.1. The van der Waals surface area contributed by atoms with E-state index in [1.54, 1.807) is 18.4 Å². The topological polar surface area (TPSA) is 51.2 Å². The fraction of sp³-hybridized carbons (Fsp3) is 0.273. The Morgan fingerprint density at radius 3 is 2.56 bits per heavy atom. The van der Waals surface area contributed by atoms with Crippen molar-refractivity contribution in [2.24, 2.45) is 0 Å². The van der Waals surface area contributed by atoms with Crippen LogP contribution < -0.4 is 5.32 Å². The molecule has 4 nitrogen and oxygen atoms in total. The standard InChI is InChI=1S/C22H24N2O2S/c1-14-9-11-17(12-10-14)22-24-16(3)20(27-22)15(2)23-21(25)19-8-6-5-7-18(19)13-26-4/h5-12,15H,13H2,1-4H3,(H,23,25). The quantitative estimate of drug-likeness (QED) is 0.650. The smallest absolute Gasteiger partial charge is 0.252 e. The molecule has 0 aliphatic heterocycles. The Labute approximate surface area is 164 Å². The SMILES string of the molecule is COCc1ccccc1C(=O)NC(C)c1sc(-c2ccc(C)cc2)nc1C. The third-order valence-electron chi connectivity index (χ3n) is 4.43. The van der Waals surface area contributed by atoms with Crippen molar-refractivity contribution >= 4 is 17.2 Å². The summed E-state index contributed by atoms with van der Waals surface area (Å²) in [5.74, 6) is -0.0974. The molecule has 0 spiro atoms. The maximum Gasteiger partial charge on any atom is 0.252 e. The van der Waals surface area contributed by atoms with Crippen LogP contribution in [0.5, 0.6) is 0 Å². The summed E-state index contributed by atoms with van der Waals surface area (Å²) in [5.41, 5.74) is 4.80. The number of nitrogens with one attached hydrogen (secondary N) is 1. The summed E-state index contributed by atoms with van der Waals surface area (Å²) in [5, 5.41) is 4.08. The van der Waals surface area contributed by atoms with Crippen molar-refractivity contribution in [2.45, 2.75) is 33.4 Å². The highest BCUT2D eigenvalue weighted by molar-refractivity contribution is 7.15. The minimum atomic E-state index is -0.121. The van der Waals surface area contributed by atoms with Crippen LogP contribution in [0.4, 0.5) is 0 Å². The van der Waals surface area contributed by atoms with Crippen molar-refractivity contribution in [2.75, 3.05) is 7.11 Å². The van der Waals surface area contributed by atoms with Gasteiger partial charge in [0.2, 0.25) is 0 Å². The zero-order chi connectivity index (χ0) is 19.4. The van der Waals surface area contributed by atoms with Gasteiger partial charge in [0.05, 0.1) is 23.2 Å². The second-order valence-electron chi connectivity index (χ2n) is 6.62. The van der Waals surface area contributed by atoms with Gasteiger partial charge in [-0.15, -0.1) is 11.3 Å². The van der Waals surface area contributed by atoms with E-state index in [9.17, 15) is 4.79 Å².